The largest absolute Gasteiger partial charge is 0.353 e. The second-order valence-electron chi connectivity index (χ2n) is 8.98. The predicted octanol–water partition coefficient (Wildman–Crippen LogP) is 2.04. The quantitative estimate of drug-likeness (QED) is 0.586. The Morgan fingerprint density at radius 3 is 2.62 bits per heavy atom. The van der Waals surface area contributed by atoms with E-state index in [4.69, 9.17) is 5.10 Å². The molecule has 34 heavy (non-hydrogen) atoms. The minimum absolute atomic E-state index is 0.0925. The van der Waals surface area contributed by atoms with Gasteiger partial charge in [-0.05, 0) is 36.1 Å². The number of carbonyl (C=O) groups is 2. The number of fused-ring (bicyclic) bond motifs is 1. The molecular weight excluding hydrogens is 428 g/mol. The molecule has 0 atom stereocenters. The van der Waals surface area contributed by atoms with Gasteiger partial charge in [0.1, 0.15) is 0 Å². The first-order chi connectivity index (χ1) is 16.7. The van der Waals surface area contributed by atoms with Gasteiger partial charge in [-0.2, -0.15) is 5.10 Å². The third kappa shape index (κ3) is 5.02. The fraction of sp³-hybridized carbons (Fsp3) is 0.385. The molecule has 2 amide bonds. The molecule has 1 fully saturated rings. The Balaban J connectivity index is 1.37. The molecule has 2 aromatic heterocycles. The van der Waals surface area contributed by atoms with Crippen molar-refractivity contribution in [3.63, 3.8) is 0 Å². The fourth-order valence-corrected chi connectivity index (χ4v) is 4.82. The van der Waals surface area contributed by atoms with Crippen molar-refractivity contribution in [2.75, 3.05) is 26.2 Å². The molecule has 2 aliphatic heterocycles. The number of aryl methyl sites for hydroxylation is 2. The lowest BCUT2D eigenvalue weighted by atomic mass is 10.0. The number of piperazine rings is 1. The van der Waals surface area contributed by atoms with E-state index in [-0.39, 0.29) is 18.4 Å². The summed E-state index contributed by atoms with van der Waals surface area (Å²) in [6, 6.07) is 14.5. The smallest absolute Gasteiger partial charge is 0.275 e. The SMILES string of the molecule is O=C1CN(C(=O)c2nn(CCCc3ccccc3)c3c2CN(Cc2ccncc2)CC3)CCN1. The summed E-state index contributed by atoms with van der Waals surface area (Å²) in [5.41, 5.74) is 5.18. The van der Waals surface area contributed by atoms with Gasteiger partial charge >= 0.3 is 0 Å². The molecule has 4 heterocycles. The van der Waals surface area contributed by atoms with Crippen LogP contribution in [-0.2, 0) is 37.3 Å². The van der Waals surface area contributed by atoms with E-state index in [0.29, 0.717) is 25.3 Å². The minimum atomic E-state index is -0.140. The van der Waals surface area contributed by atoms with Crippen LogP contribution >= 0.6 is 0 Å². The van der Waals surface area contributed by atoms with Crippen LogP contribution in [-0.4, -0.2) is 62.6 Å². The summed E-state index contributed by atoms with van der Waals surface area (Å²) in [6.07, 6.45) is 6.40. The number of hydrogen-bond acceptors (Lipinski definition) is 5. The third-order valence-corrected chi connectivity index (χ3v) is 6.57. The van der Waals surface area contributed by atoms with Crippen LogP contribution in [0, 0.1) is 0 Å². The summed E-state index contributed by atoms with van der Waals surface area (Å²) in [5, 5.41) is 7.61. The number of hydrogen-bond donors (Lipinski definition) is 1. The van der Waals surface area contributed by atoms with Crippen molar-refractivity contribution < 1.29 is 9.59 Å². The van der Waals surface area contributed by atoms with Gasteiger partial charge in [-0.1, -0.05) is 30.3 Å². The molecule has 176 valence electrons. The maximum absolute atomic E-state index is 13.4. The average molecular weight is 459 g/mol. The first-order valence-electron chi connectivity index (χ1n) is 12.0. The lowest BCUT2D eigenvalue weighted by Crippen LogP contribution is -2.50. The highest BCUT2D eigenvalue weighted by Crippen LogP contribution is 2.26. The van der Waals surface area contributed by atoms with E-state index in [0.717, 1.165) is 50.2 Å². The molecule has 2 aliphatic rings. The van der Waals surface area contributed by atoms with Gasteiger partial charge in [0.05, 0.1) is 6.54 Å². The normalized spacial score (nSPS) is 16.2. The van der Waals surface area contributed by atoms with Crippen LogP contribution in [0.4, 0.5) is 0 Å². The summed E-state index contributed by atoms with van der Waals surface area (Å²) in [5.74, 6) is -0.256. The molecular formula is C26H30N6O2. The van der Waals surface area contributed by atoms with Gasteiger partial charge in [-0.15, -0.1) is 0 Å². The van der Waals surface area contributed by atoms with Gasteiger partial charge in [-0.3, -0.25) is 24.2 Å². The van der Waals surface area contributed by atoms with Crippen molar-refractivity contribution in [1.29, 1.82) is 0 Å². The van der Waals surface area contributed by atoms with E-state index in [1.54, 1.807) is 4.90 Å². The van der Waals surface area contributed by atoms with E-state index in [1.165, 1.54) is 11.1 Å². The van der Waals surface area contributed by atoms with E-state index in [1.807, 2.05) is 35.3 Å². The monoisotopic (exact) mass is 458 g/mol. The summed E-state index contributed by atoms with van der Waals surface area (Å²) in [7, 11) is 0. The molecule has 8 heteroatoms. The van der Waals surface area contributed by atoms with Crippen molar-refractivity contribution in [2.45, 2.75) is 38.9 Å². The molecule has 0 bridgehead atoms. The highest BCUT2D eigenvalue weighted by atomic mass is 16.2. The number of amides is 2. The van der Waals surface area contributed by atoms with Gasteiger partial charge in [0.15, 0.2) is 5.69 Å². The molecule has 3 aromatic rings. The molecule has 8 nitrogen and oxygen atoms in total. The second kappa shape index (κ2) is 10.2. The van der Waals surface area contributed by atoms with Crippen LogP contribution in [0.5, 0.6) is 0 Å². The lowest BCUT2D eigenvalue weighted by molar-refractivity contribution is -0.123. The number of carbonyl (C=O) groups excluding carboxylic acids is 2. The molecule has 1 aromatic carbocycles. The maximum Gasteiger partial charge on any atom is 0.275 e. The number of rotatable bonds is 7. The Labute approximate surface area is 199 Å². The molecule has 1 saturated heterocycles. The first kappa shape index (κ1) is 22.3. The topological polar surface area (TPSA) is 83.4 Å². The van der Waals surface area contributed by atoms with Crippen LogP contribution in [0.25, 0.3) is 0 Å². The van der Waals surface area contributed by atoms with Crippen LogP contribution < -0.4 is 5.32 Å². The van der Waals surface area contributed by atoms with E-state index in [2.05, 4.69) is 39.5 Å². The number of nitrogens with zero attached hydrogens (tertiary/aromatic N) is 5. The first-order valence-corrected chi connectivity index (χ1v) is 12.0. The lowest BCUT2D eigenvalue weighted by Gasteiger charge is -2.29. The van der Waals surface area contributed by atoms with Crippen molar-refractivity contribution in [3.8, 4) is 0 Å². The van der Waals surface area contributed by atoms with Crippen LogP contribution in [0.15, 0.2) is 54.9 Å². The summed E-state index contributed by atoms with van der Waals surface area (Å²) < 4.78 is 2.04. The number of nitrogens with one attached hydrogen (secondary N) is 1. The average Bonchev–Trinajstić information content (AvgIpc) is 3.22. The van der Waals surface area contributed by atoms with E-state index < -0.39 is 0 Å². The zero-order valence-corrected chi connectivity index (χ0v) is 19.3. The van der Waals surface area contributed by atoms with Crippen molar-refractivity contribution in [3.05, 3.63) is 82.9 Å². The number of aromatic nitrogens is 3. The molecule has 0 aliphatic carbocycles. The fourth-order valence-electron chi connectivity index (χ4n) is 4.82. The molecule has 5 rings (SSSR count). The molecule has 1 N–H and O–H groups in total. The van der Waals surface area contributed by atoms with Gasteiger partial charge in [0.25, 0.3) is 5.91 Å². The Morgan fingerprint density at radius 2 is 1.82 bits per heavy atom. The molecule has 0 unspecified atom stereocenters. The molecule has 0 radical (unpaired) electrons. The highest BCUT2D eigenvalue weighted by molar-refractivity contribution is 5.97. The highest BCUT2D eigenvalue weighted by Gasteiger charge is 2.32. The summed E-state index contributed by atoms with van der Waals surface area (Å²) in [4.78, 5) is 33.4. The standard InChI is InChI=1S/C26H30N6O2/c33-24-19-31(16-13-28-24)26(34)25-22-18-30(17-21-8-11-27-12-9-21)15-10-23(22)32(29-25)14-4-7-20-5-2-1-3-6-20/h1-3,5-6,8-9,11-12H,4,7,10,13-19H2,(H,28,33). The number of pyridine rings is 1. The predicted molar refractivity (Wildman–Crippen MR) is 128 cm³/mol. The zero-order chi connectivity index (χ0) is 23.3. The minimum Gasteiger partial charge on any atom is -0.353 e. The number of benzene rings is 1. The Kier molecular flexibility index (Phi) is 6.67. The Bertz CT molecular complexity index is 1140. The molecule has 0 spiro atoms. The van der Waals surface area contributed by atoms with Gasteiger partial charge < -0.3 is 10.2 Å². The van der Waals surface area contributed by atoms with Gasteiger partial charge in [0.2, 0.25) is 5.91 Å². The second-order valence-corrected chi connectivity index (χ2v) is 8.98. The van der Waals surface area contributed by atoms with E-state index >= 15 is 0 Å². The van der Waals surface area contributed by atoms with Crippen LogP contribution in [0.2, 0.25) is 0 Å². The Hall–Kier alpha value is -3.52. The zero-order valence-electron chi connectivity index (χ0n) is 19.3. The Morgan fingerprint density at radius 1 is 1.00 bits per heavy atom. The maximum atomic E-state index is 13.4. The van der Waals surface area contributed by atoms with Gasteiger partial charge in [0, 0.05) is 69.3 Å². The third-order valence-electron chi connectivity index (χ3n) is 6.57. The van der Waals surface area contributed by atoms with Crippen molar-refractivity contribution >= 4 is 11.8 Å². The molecule has 0 saturated carbocycles. The summed E-state index contributed by atoms with van der Waals surface area (Å²) >= 11 is 0. The summed E-state index contributed by atoms with van der Waals surface area (Å²) in [6.45, 7) is 4.27. The van der Waals surface area contributed by atoms with Crippen LogP contribution in [0.1, 0.15) is 39.3 Å². The van der Waals surface area contributed by atoms with Crippen LogP contribution in [0.3, 0.4) is 0 Å². The van der Waals surface area contributed by atoms with Gasteiger partial charge in [-0.25, -0.2) is 0 Å². The van der Waals surface area contributed by atoms with Crippen molar-refractivity contribution in [1.82, 2.24) is 29.9 Å². The van der Waals surface area contributed by atoms with E-state index in [9.17, 15) is 9.59 Å². The van der Waals surface area contributed by atoms with Crippen molar-refractivity contribution in [2.24, 2.45) is 0 Å².